The maximum atomic E-state index is 10.4. The van der Waals surface area contributed by atoms with Crippen molar-refractivity contribution < 1.29 is 61.3 Å². The summed E-state index contributed by atoms with van der Waals surface area (Å²) in [4.78, 5) is 10.4. The summed E-state index contributed by atoms with van der Waals surface area (Å²) in [6.45, 7) is 0. The van der Waals surface area contributed by atoms with Gasteiger partial charge in [0.1, 0.15) is 0 Å². The van der Waals surface area contributed by atoms with Crippen LogP contribution in [0.5, 0.6) is 0 Å². The Bertz CT molecular complexity index is 303. The van der Waals surface area contributed by atoms with E-state index < -0.39 is 5.97 Å². The van der Waals surface area contributed by atoms with E-state index in [9.17, 15) is 9.90 Å². The largest absolute Gasteiger partial charge is 1.00 e. The topological polar surface area (TPSA) is 40.1 Å². The van der Waals surface area contributed by atoms with Crippen LogP contribution in [0.2, 0.25) is 5.02 Å². The Morgan fingerprint density at radius 3 is 2.50 bits per heavy atom. The zero-order valence-electron chi connectivity index (χ0n) is 6.30. The number of hydrogen-bond acceptors (Lipinski definition) is 2. The van der Waals surface area contributed by atoms with Crippen molar-refractivity contribution in [3.8, 4) is 0 Å². The minimum Gasteiger partial charge on any atom is -0.545 e. The van der Waals surface area contributed by atoms with Gasteiger partial charge in [0.15, 0.2) is 0 Å². The van der Waals surface area contributed by atoms with Gasteiger partial charge in [-0.25, -0.2) is 0 Å². The average Bonchev–Trinajstić information content (AvgIpc) is 1.94. The minimum atomic E-state index is -1.27. The third kappa shape index (κ3) is 3.45. The van der Waals surface area contributed by atoms with Gasteiger partial charge < -0.3 is 9.90 Å². The molecule has 0 atom stereocenters. The Morgan fingerprint density at radius 1 is 1.50 bits per heavy atom. The van der Waals surface area contributed by atoms with Crippen LogP contribution in [0, 0.1) is 0 Å². The molecule has 58 valence electrons. The monoisotopic (exact) mass is 272 g/mol. The first-order valence-corrected chi connectivity index (χ1v) is 3.95. The molecule has 0 saturated carbocycles. The molecule has 0 aliphatic rings. The average molecular weight is 274 g/mol. The van der Waals surface area contributed by atoms with E-state index in [0.29, 0.717) is 4.47 Å². The maximum Gasteiger partial charge on any atom is 1.00 e. The maximum absolute atomic E-state index is 10.4. The van der Waals surface area contributed by atoms with Crippen LogP contribution in [0.15, 0.2) is 22.7 Å². The van der Waals surface area contributed by atoms with Gasteiger partial charge in [0, 0.05) is 15.1 Å². The van der Waals surface area contributed by atoms with Gasteiger partial charge in [-0.2, -0.15) is 0 Å². The van der Waals surface area contributed by atoms with Gasteiger partial charge in [-0.3, -0.25) is 0 Å². The number of hydrogen-bond donors (Lipinski definition) is 0. The second kappa shape index (κ2) is 5.75. The van der Waals surface area contributed by atoms with Crippen LogP contribution >= 0.6 is 27.5 Å². The van der Waals surface area contributed by atoms with Gasteiger partial charge >= 0.3 is 51.4 Å². The van der Waals surface area contributed by atoms with E-state index >= 15 is 0 Å². The summed E-state index contributed by atoms with van der Waals surface area (Å²) in [5, 5.41) is 10.5. The molecule has 0 bridgehead atoms. The summed E-state index contributed by atoms with van der Waals surface area (Å²) in [6.07, 6.45) is 0. The number of carbonyl (C=O) groups excluding carboxylic acids is 1. The SMILES string of the molecule is O=C([O-])c1cc(Br)ccc1Cl.[K+]. The summed E-state index contributed by atoms with van der Waals surface area (Å²) < 4.78 is 0.668. The van der Waals surface area contributed by atoms with Crippen molar-refractivity contribution in [2.45, 2.75) is 0 Å². The molecule has 1 aromatic rings. The van der Waals surface area contributed by atoms with E-state index in [1.54, 1.807) is 6.07 Å². The molecule has 0 saturated heterocycles. The molecule has 0 heterocycles. The van der Waals surface area contributed by atoms with E-state index in [-0.39, 0.29) is 62.0 Å². The summed E-state index contributed by atoms with van der Waals surface area (Å²) in [5.41, 5.74) is 0.000965. The van der Waals surface area contributed by atoms with Gasteiger partial charge in [-0.1, -0.05) is 27.5 Å². The molecular formula is C7H3BrClKO2. The van der Waals surface area contributed by atoms with Crippen LogP contribution in [0.3, 0.4) is 0 Å². The number of carboxylic acids is 1. The Morgan fingerprint density at radius 2 is 2.08 bits per heavy atom. The molecule has 0 amide bonds. The predicted molar refractivity (Wildman–Crippen MR) is 43.5 cm³/mol. The smallest absolute Gasteiger partial charge is 0.545 e. The molecule has 0 fully saturated rings. The molecule has 0 aliphatic heterocycles. The number of carboxylic acid groups (broad SMARTS) is 1. The van der Waals surface area contributed by atoms with Crippen LogP contribution in [0.1, 0.15) is 10.4 Å². The first-order chi connectivity index (χ1) is 5.11. The standard InChI is InChI=1S/C7H4BrClO2.K/c8-4-1-2-6(9)5(3-4)7(10)11;/h1-3H,(H,10,11);/q;+1/p-1. The second-order valence-electron chi connectivity index (χ2n) is 1.91. The van der Waals surface area contributed by atoms with Crippen molar-refractivity contribution in [1.29, 1.82) is 0 Å². The molecule has 1 rings (SSSR count). The molecule has 2 nitrogen and oxygen atoms in total. The fraction of sp³-hybridized carbons (Fsp3) is 0. The van der Waals surface area contributed by atoms with Gasteiger partial charge in [-0.05, 0) is 18.2 Å². The molecule has 0 unspecified atom stereocenters. The Labute approximate surface area is 126 Å². The molecule has 0 N–H and O–H groups in total. The second-order valence-corrected chi connectivity index (χ2v) is 3.23. The molecule has 12 heavy (non-hydrogen) atoms. The third-order valence-electron chi connectivity index (χ3n) is 1.15. The van der Waals surface area contributed by atoms with Crippen LogP contribution in [0.4, 0.5) is 0 Å². The first kappa shape index (κ1) is 13.1. The van der Waals surface area contributed by atoms with Crippen LogP contribution in [0.25, 0.3) is 0 Å². The molecule has 1 aromatic carbocycles. The van der Waals surface area contributed by atoms with Crippen molar-refractivity contribution in [3.63, 3.8) is 0 Å². The number of rotatable bonds is 1. The minimum absolute atomic E-state index is 0. The quantitative estimate of drug-likeness (QED) is 0.583. The Balaban J connectivity index is 0.00000121. The van der Waals surface area contributed by atoms with Crippen LogP contribution in [-0.2, 0) is 0 Å². The fourth-order valence-corrected chi connectivity index (χ4v) is 1.21. The molecule has 0 aromatic heterocycles. The van der Waals surface area contributed by atoms with Crippen molar-refractivity contribution in [2.24, 2.45) is 0 Å². The van der Waals surface area contributed by atoms with E-state index in [1.807, 2.05) is 0 Å². The zero-order chi connectivity index (χ0) is 8.43. The van der Waals surface area contributed by atoms with Crippen molar-refractivity contribution in [1.82, 2.24) is 0 Å². The summed E-state index contributed by atoms with van der Waals surface area (Å²) in [5.74, 6) is -1.27. The summed E-state index contributed by atoms with van der Waals surface area (Å²) in [6, 6.07) is 4.56. The number of aromatic carboxylic acids is 1. The van der Waals surface area contributed by atoms with Gasteiger partial charge in [0.05, 0.1) is 5.97 Å². The molecule has 0 aliphatic carbocycles. The van der Waals surface area contributed by atoms with Crippen molar-refractivity contribution in [2.75, 3.05) is 0 Å². The number of benzene rings is 1. The van der Waals surface area contributed by atoms with Crippen molar-refractivity contribution in [3.05, 3.63) is 33.3 Å². The zero-order valence-corrected chi connectivity index (χ0v) is 11.8. The molecular weight excluding hydrogens is 271 g/mol. The predicted octanol–water partition coefficient (Wildman–Crippen LogP) is -1.53. The van der Waals surface area contributed by atoms with Gasteiger partial charge in [0.2, 0.25) is 0 Å². The fourth-order valence-electron chi connectivity index (χ4n) is 0.654. The molecule has 5 heteroatoms. The molecule has 0 radical (unpaired) electrons. The van der Waals surface area contributed by atoms with Gasteiger partial charge in [0.25, 0.3) is 0 Å². The Kier molecular flexibility index (Phi) is 6.27. The van der Waals surface area contributed by atoms with E-state index in [0.717, 1.165) is 0 Å². The van der Waals surface area contributed by atoms with Crippen LogP contribution in [-0.4, -0.2) is 5.97 Å². The van der Waals surface area contributed by atoms with E-state index in [4.69, 9.17) is 11.6 Å². The third-order valence-corrected chi connectivity index (χ3v) is 1.97. The number of carbonyl (C=O) groups is 1. The number of halogens is 2. The van der Waals surface area contributed by atoms with Gasteiger partial charge in [-0.15, -0.1) is 0 Å². The van der Waals surface area contributed by atoms with E-state index in [1.165, 1.54) is 12.1 Å². The Hall–Kier alpha value is 1.10. The van der Waals surface area contributed by atoms with E-state index in [2.05, 4.69) is 15.9 Å². The van der Waals surface area contributed by atoms with Crippen LogP contribution < -0.4 is 56.5 Å². The summed E-state index contributed by atoms with van der Waals surface area (Å²) >= 11 is 8.66. The normalized spacial score (nSPS) is 8.83. The summed E-state index contributed by atoms with van der Waals surface area (Å²) in [7, 11) is 0. The van der Waals surface area contributed by atoms with Crippen molar-refractivity contribution >= 4 is 33.5 Å². The first-order valence-electron chi connectivity index (χ1n) is 2.77. The molecule has 0 spiro atoms.